The minimum Gasteiger partial charge on any atom is -0.345 e. The first-order chi connectivity index (χ1) is 9.74. The van der Waals surface area contributed by atoms with E-state index in [9.17, 15) is 4.79 Å². The zero-order chi connectivity index (χ0) is 13.9. The molecule has 0 radical (unpaired) electrons. The maximum Gasteiger partial charge on any atom is 0.238 e. The molecular weight excluding hydrogens is 256 g/mol. The highest BCUT2D eigenvalue weighted by molar-refractivity contribution is 5.82. The lowest BCUT2D eigenvalue weighted by atomic mass is 9.95. The van der Waals surface area contributed by atoms with Gasteiger partial charge in [-0.2, -0.15) is 5.21 Å². The molecule has 0 fully saturated rings. The second-order valence-electron chi connectivity index (χ2n) is 4.91. The topological polar surface area (TPSA) is 95.6 Å². The van der Waals surface area contributed by atoms with Crippen LogP contribution < -0.4 is 10.6 Å². The normalized spacial score (nSPS) is 19.1. The first-order valence-corrected chi connectivity index (χ1v) is 6.58. The highest BCUT2D eigenvalue weighted by atomic mass is 16.2. The molecule has 0 aliphatic carbocycles. The number of aromatic nitrogens is 4. The van der Waals surface area contributed by atoms with Gasteiger partial charge in [0.1, 0.15) is 0 Å². The van der Waals surface area contributed by atoms with Crippen LogP contribution in [-0.2, 0) is 17.8 Å². The third kappa shape index (κ3) is 2.53. The fourth-order valence-corrected chi connectivity index (χ4v) is 2.37. The second kappa shape index (κ2) is 5.38. The molecule has 0 spiro atoms. The van der Waals surface area contributed by atoms with Gasteiger partial charge in [0.15, 0.2) is 5.82 Å². The molecule has 3 rings (SSSR count). The lowest BCUT2D eigenvalue weighted by molar-refractivity contribution is -0.124. The molecule has 1 aromatic heterocycles. The van der Waals surface area contributed by atoms with Crippen LogP contribution in [-0.4, -0.2) is 32.6 Å². The van der Waals surface area contributed by atoms with E-state index in [0.717, 1.165) is 0 Å². The average Bonchev–Trinajstić information content (AvgIpc) is 3.01. The first-order valence-electron chi connectivity index (χ1n) is 6.58. The van der Waals surface area contributed by atoms with Gasteiger partial charge < -0.3 is 10.6 Å². The van der Waals surface area contributed by atoms with Crippen molar-refractivity contribution < 1.29 is 4.79 Å². The number of carbonyl (C=O) groups excluding carboxylic acids is 1. The zero-order valence-corrected chi connectivity index (χ0v) is 11.1. The number of hydrogen-bond donors (Lipinski definition) is 3. The Kier molecular flexibility index (Phi) is 3.42. The van der Waals surface area contributed by atoms with Crippen molar-refractivity contribution in [2.75, 3.05) is 0 Å². The van der Waals surface area contributed by atoms with E-state index in [0.29, 0.717) is 18.8 Å². The number of carbonyl (C=O) groups is 1. The maximum atomic E-state index is 12.3. The molecule has 2 heterocycles. The van der Waals surface area contributed by atoms with E-state index in [1.807, 2.05) is 19.1 Å². The van der Waals surface area contributed by atoms with Crippen LogP contribution in [0, 0.1) is 0 Å². The number of tetrazole rings is 1. The maximum absolute atomic E-state index is 12.3. The van der Waals surface area contributed by atoms with Crippen molar-refractivity contribution in [2.24, 2.45) is 0 Å². The highest BCUT2D eigenvalue weighted by Gasteiger charge is 2.25. The number of amides is 1. The Hall–Kier alpha value is -2.28. The van der Waals surface area contributed by atoms with Crippen LogP contribution in [0.2, 0.25) is 0 Å². The molecule has 7 heteroatoms. The number of nitrogens with one attached hydrogen (secondary N) is 3. The number of nitrogens with zero attached hydrogens (tertiary/aromatic N) is 3. The predicted octanol–water partition coefficient (Wildman–Crippen LogP) is 0.0914. The lowest BCUT2D eigenvalue weighted by Crippen LogP contribution is -2.48. The number of rotatable bonds is 3. The van der Waals surface area contributed by atoms with Crippen LogP contribution in [0.4, 0.5) is 0 Å². The van der Waals surface area contributed by atoms with Gasteiger partial charge in [0.2, 0.25) is 5.91 Å². The van der Waals surface area contributed by atoms with Crippen LogP contribution in [0.25, 0.3) is 0 Å². The molecular formula is C13H16N6O. The Balaban J connectivity index is 1.64. The molecule has 104 valence electrons. The molecule has 1 aliphatic rings. The average molecular weight is 272 g/mol. The van der Waals surface area contributed by atoms with Gasteiger partial charge in [0.05, 0.1) is 12.1 Å². The smallest absolute Gasteiger partial charge is 0.238 e. The second-order valence-corrected chi connectivity index (χ2v) is 4.91. The molecule has 1 aromatic carbocycles. The van der Waals surface area contributed by atoms with Gasteiger partial charge in [-0.3, -0.25) is 4.79 Å². The number of hydrogen-bond acceptors (Lipinski definition) is 5. The molecule has 1 aliphatic heterocycles. The van der Waals surface area contributed by atoms with Crippen molar-refractivity contribution in [3.63, 3.8) is 0 Å². The molecule has 20 heavy (non-hydrogen) atoms. The third-order valence-corrected chi connectivity index (χ3v) is 3.51. The highest BCUT2D eigenvalue weighted by Crippen LogP contribution is 2.16. The summed E-state index contributed by atoms with van der Waals surface area (Å²) in [7, 11) is 0. The zero-order valence-electron chi connectivity index (χ0n) is 11.1. The van der Waals surface area contributed by atoms with Crippen molar-refractivity contribution >= 4 is 5.91 Å². The van der Waals surface area contributed by atoms with E-state index in [2.05, 4.69) is 43.4 Å². The predicted molar refractivity (Wildman–Crippen MR) is 71.5 cm³/mol. The summed E-state index contributed by atoms with van der Waals surface area (Å²) < 4.78 is 0. The molecule has 1 amide bonds. The Morgan fingerprint density at radius 1 is 1.40 bits per heavy atom. The number of benzene rings is 1. The van der Waals surface area contributed by atoms with E-state index in [1.165, 1.54) is 11.1 Å². The van der Waals surface area contributed by atoms with Gasteiger partial charge in [0, 0.05) is 6.54 Å². The third-order valence-electron chi connectivity index (χ3n) is 3.51. The standard InChI is InChI=1S/C13H16N6O/c1-8(12-16-18-19-17-12)15-13(20)11-6-9-4-2-3-5-10(9)7-14-11/h2-5,8,11,14H,6-7H2,1H3,(H,15,20)(H,16,17,18,19)/t8?,11-/m1/s1. The summed E-state index contributed by atoms with van der Waals surface area (Å²) in [4.78, 5) is 12.3. The summed E-state index contributed by atoms with van der Waals surface area (Å²) in [5.74, 6) is 0.436. The van der Waals surface area contributed by atoms with Crippen LogP contribution in [0.3, 0.4) is 0 Å². The lowest BCUT2D eigenvalue weighted by Gasteiger charge is -2.26. The Morgan fingerprint density at radius 2 is 2.20 bits per heavy atom. The number of aromatic amines is 1. The van der Waals surface area contributed by atoms with E-state index in [1.54, 1.807) is 0 Å². The molecule has 0 saturated carbocycles. The summed E-state index contributed by atoms with van der Waals surface area (Å²) in [5.41, 5.74) is 2.47. The van der Waals surface area contributed by atoms with Crippen LogP contribution >= 0.6 is 0 Å². The van der Waals surface area contributed by atoms with Gasteiger partial charge in [-0.15, -0.1) is 10.2 Å². The molecule has 2 atom stereocenters. The summed E-state index contributed by atoms with van der Waals surface area (Å²) in [6.07, 6.45) is 0.695. The van der Waals surface area contributed by atoms with Crippen molar-refractivity contribution in [1.82, 2.24) is 31.3 Å². The van der Waals surface area contributed by atoms with Gasteiger partial charge in [-0.05, 0) is 24.5 Å². The van der Waals surface area contributed by atoms with E-state index in [4.69, 9.17) is 0 Å². The van der Waals surface area contributed by atoms with Gasteiger partial charge in [-0.25, -0.2) is 0 Å². The van der Waals surface area contributed by atoms with Crippen molar-refractivity contribution in [1.29, 1.82) is 0 Å². The molecule has 0 bridgehead atoms. The van der Waals surface area contributed by atoms with Gasteiger partial charge >= 0.3 is 0 Å². The SMILES string of the molecule is CC(NC(=O)[C@H]1Cc2ccccc2CN1)c1nn[nH]n1. The van der Waals surface area contributed by atoms with Crippen LogP contribution in [0.1, 0.15) is 29.9 Å². The molecule has 1 unspecified atom stereocenters. The largest absolute Gasteiger partial charge is 0.345 e. The molecule has 3 N–H and O–H groups in total. The van der Waals surface area contributed by atoms with Crippen LogP contribution in [0.15, 0.2) is 24.3 Å². The fourth-order valence-electron chi connectivity index (χ4n) is 2.37. The quantitative estimate of drug-likeness (QED) is 0.736. The van der Waals surface area contributed by atoms with Gasteiger partial charge in [-0.1, -0.05) is 29.5 Å². The first kappa shape index (κ1) is 12.7. The summed E-state index contributed by atoms with van der Waals surface area (Å²) >= 11 is 0. The molecule has 7 nitrogen and oxygen atoms in total. The summed E-state index contributed by atoms with van der Waals surface area (Å²) in [6, 6.07) is 7.68. The molecule has 0 saturated heterocycles. The minimum atomic E-state index is -0.264. The molecule has 2 aromatic rings. The van der Waals surface area contributed by atoms with E-state index in [-0.39, 0.29) is 18.0 Å². The van der Waals surface area contributed by atoms with E-state index >= 15 is 0 Å². The van der Waals surface area contributed by atoms with E-state index < -0.39 is 0 Å². The Bertz CT molecular complexity index is 597. The minimum absolute atomic E-state index is 0.0446. The van der Waals surface area contributed by atoms with Gasteiger partial charge in [0.25, 0.3) is 0 Å². The van der Waals surface area contributed by atoms with Crippen LogP contribution in [0.5, 0.6) is 0 Å². The summed E-state index contributed by atoms with van der Waals surface area (Å²) in [6.45, 7) is 2.55. The van der Waals surface area contributed by atoms with Crippen molar-refractivity contribution in [2.45, 2.75) is 32.0 Å². The Labute approximate surface area is 116 Å². The van der Waals surface area contributed by atoms with Crippen molar-refractivity contribution in [3.8, 4) is 0 Å². The summed E-state index contributed by atoms with van der Waals surface area (Å²) in [5, 5.41) is 19.8. The fraction of sp³-hybridized carbons (Fsp3) is 0.385. The number of fused-ring (bicyclic) bond motifs is 1. The number of H-pyrrole nitrogens is 1. The van der Waals surface area contributed by atoms with Crippen molar-refractivity contribution in [3.05, 3.63) is 41.2 Å². The Morgan fingerprint density at radius 3 is 2.95 bits per heavy atom. The monoisotopic (exact) mass is 272 g/mol.